The SMILES string of the molecule is C=C(C)/C=c1\c(=C/C)cc(-c2cc(Nc3n[nH]c(CC(C)(C)C)n3)ccc2C)c(=O)n1C. The molecule has 2 N–H and O–H groups in total. The van der Waals surface area contributed by atoms with E-state index >= 15 is 0 Å². The van der Waals surface area contributed by atoms with Crippen LogP contribution in [0.25, 0.3) is 23.3 Å². The van der Waals surface area contributed by atoms with Crippen LogP contribution < -0.4 is 21.4 Å². The molecule has 0 saturated heterocycles. The summed E-state index contributed by atoms with van der Waals surface area (Å²) >= 11 is 0. The second kappa shape index (κ2) is 8.99. The van der Waals surface area contributed by atoms with E-state index < -0.39 is 0 Å². The summed E-state index contributed by atoms with van der Waals surface area (Å²) in [5.74, 6) is 1.36. The van der Waals surface area contributed by atoms with Crippen LogP contribution in [0, 0.1) is 12.3 Å². The van der Waals surface area contributed by atoms with E-state index in [-0.39, 0.29) is 11.0 Å². The number of benzene rings is 1. The minimum Gasteiger partial charge on any atom is -0.323 e. The van der Waals surface area contributed by atoms with Crippen LogP contribution in [0.15, 0.2) is 41.2 Å². The summed E-state index contributed by atoms with van der Waals surface area (Å²) in [5.41, 5.74) is 4.36. The number of aromatic nitrogens is 4. The highest BCUT2D eigenvalue weighted by Gasteiger charge is 2.15. The van der Waals surface area contributed by atoms with Crippen LogP contribution in [-0.4, -0.2) is 19.7 Å². The number of allylic oxidation sites excluding steroid dienone is 1. The van der Waals surface area contributed by atoms with Crippen LogP contribution in [-0.2, 0) is 13.5 Å². The number of anilines is 2. The van der Waals surface area contributed by atoms with Gasteiger partial charge in [0.05, 0.1) is 5.35 Å². The smallest absolute Gasteiger partial charge is 0.258 e. The number of nitrogens with zero attached hydrogens (tertiary/aromatic N) is 3. The lowest BCUT2D eigenvalue weighted by Gasteiger charge is -2.15. The van der Waals surface area contributed by atoms with Crippen LogP contribution >= 0.6 is 0 Å². The van der Waals surface area contributed by atoms with E-state index in [2.05, 4.69) is 47.8 Å². The number of aromatic amines is 1. The van der Waals surface area contributed by atoms with E-state index in [1.54, 1.807) is 11.6 Å². The molecular formula is C26H33N5O. The molecule has 0 amide bonds. The standard InChI is InChI=1S/C26H33N5O/c1-9-18-13-21(24(32)31(8)22(18)12-16(2)3)20-14-19(11-10-17(20)4)27-25-28-23(29-30-25)15-26(5,6)7/h9-14H,2,15H2,1,3-8H3,(H2,27,28,29,30)/b18-9-,22-12+. The third-order valence-corrected chi connectivity index (χ3v) is 5.20. The molecule has 0 spiro atoms. The molecule has 1 aromatic carbocycles. The van der Waals surface area contributed by atoms with E-state index in [1.807, 2.05) is 57.2 Å². The average Bonchev–Trinajstić information content (AvgIpc) is 3.12. The van der Waals surface area contributed by atoms with Gasteiger partial charge in [0.2, 0.25) is 5.95 Å². The second-order valence-electron chi connectivity index (χ2n) is 9.54. The first-order valence-electron chi connectivity index (χ1n) is 10.8. The molecule has 0 saturated carbocycles. The van der Waals surface area contributed by atoms with Gasteiger partial charge in [0.15, 0.2) is 0 Å². The molecule has 168 valence electrons. The zero-order valence-electron chi connectivity index (χ0n) is 20.1. The first-order valence-corrected chi connectivity index (χ1v) is 10.8. The molecule has 0 aliphatic heterocycles. The van der Waals surface area contributed by atoms with Crippen LogP contribution in [0.5, 0.6) is 0 Å². The van der Waals surface area contributed by atoms with Crippen LogP contribution in [0.3, 0.4) is 0 Å². The molecular weight excluding hydrogens is 398 g/mol. The van der Waals surface area contributed by atoms with Crippen molar-refractivity contribution in [3.05, 3.63) is 68.7 Å². The monoisotopic (exact) mass is 431 g/mol. The molecule has 0 radical (unpaired) electrons. The van der Waals surface area contributed by atoms with Gasteiger partial charge in [-0.3, -0.25) is 9.89 Å². The largest absolute Gasteiger partial charge is 0.323 e. The van der Waals surface area contributed by atoms with Crippen molar-refractivity contribution in [3.63, 3.8) is 0 Å². The third kappa shape index (κ3) is 5.25. The first kappa shape index (κ1) is 23.3. The van der Waals surface area contributed by atoms with E-state index in [4.69, 9.17) is 0 Å². The Kier molecular flexibility index (Phi) is 6.53. The van der Waals surface area contributed by atoms with Gasteiger partial charge in [0, 0.05) is 24.7 Å². The van der Waals surface area contributed by atoms with Gasteiger partial charge in [-0.05, 0) is 66.8 Å². The maximum Gasteiger partial charge on any atom is 0.258 e. The Balaban J connectivity index is 2.04. The van der Waals surface area contributed by atoms with Crippen molar-refractivity contribution in [3.8, 4) is 11.1 Å². The maximum atomic E-state index is 13.2. The molecule has 32 heavy (non-hydrogen) atoms. The van der Waals surface area contributed by atoms with Gasteiger partial charge in [0.1, 0.15) is 5.82 Å². The quantitative estimate of drug-likeness (QED) is 0.641. The van der Waals surface area contributed by atoms with Gasteiger partial charge in [-0.15, -0.1) is 5.10 Å². The Morgan fingerprint density at radius 3 is 2.59 bits per heavy atom. The van der Waals surface area contributed by atoms with Gasteiger partial charge < -0.3 is 9.88 Å². The summed E-state index contributed by atoms with van der Waals surface area (Å²) in [6.45, 7) is 16.4. The van der Waals surface area contributed by atoms with Crippen molar-refractivity contribution in [2.75, 3.05) is 5.32 Å². The Hall–Kier alpha value is -3.41. The molecule has 0 fully saturated rings. The van der Waals surface area contributed by atoms with Crippen molar-refractivity contribution in [1.82, 2.24) is 19.7 Å². The van der Waals surface area contributed by atoms with Gasteiger partial charge in [-0.1, -0.05) is 45.1 Å². The van der Waals surface area contributed by atoms with Crippen molar-refractivity contribution in [1.29, 1.82) is 0 Å². The highest BCUT2D eigenvalue weighted by molar-refractivity contribution is 5.72. The summed E-state index contributed by atoms with van der Waals surface area (Å²) in [7, 11) is 1.80. The predicted molar refractivity (Wildman–Crippen MR) is 133 cm³/mol. The van der Waals surface area contributed by atoms with Gasteiger partial charge in [0.25, 0.3) is 5.56 Å². The molecule has 0 atom stereocenters. The van der Waals surface area contributed by atoms with Gasteiger partial charge >= 0.3 is 0 Å². The summed E-state index contributed by atoms with van der Waals surface area (Å²) in [6, 6.07) is 7.91. The van der Waals surface area contributed by atoms with E-state index in [9.17, 15) is 4.79 Å². The van der Waals surface area contributed by atoms with Crippen LogP contribution in [0.2, 0.25) is 0 Å². The number of H-pyrrole nitrogens is 1. The molecule has 6 heteroatoms. The number of pyridine rings is 1. The van der Waals surface area contributed by atoms with Crippen molar-refractivity contribution >= 4 is 23.8 Å². The highest BCUT2D eigenvalue weighted by Crippen LogP contribution is 2.25. The van der Waals surface area contributed by atoms with Crippen LogP contribution in [0.1, 0.15) is 46.0 Å². The first-order chi connectivity index (χ1) is 15.0. The third-order valence-electron chi connectivity index (χ3n) is 5.20. The normalized spacial score (nSPS) is 13.0. The van der Waals surface area contributed by atoms with Crippen molar-refractivity contribution in [2.24, 2.45) is 12.5 Å². The highest BCUT2D eigenvalue weighted by atomic mass is 16.1. The van der Waals surface area contributed by atoms with E-state index in [1.165, 1.54) is 0 Å². The summed E-state index contributed by atoms with van der Waals surface area (Å²) in [6.07, 6.45) is 4.75. The van der Waals surface area contributed by atoms with Gasteiger partial charge in [-0.2, -0.15) is 4.98 Å². The van der Waals surface area contributed by atoms with Gasteiger partial charge in [-0.25, -0.2) is 0 Å². The number of aryl methyl sites for hydroxylation is 1. The lowest BCUT2D eigenvalue weighted by atomic mass is 9.92. The Labute approximate surface area is 189 Å². The number of hydrogen-bond acceptors (Lipinski definition) is 4. The fourth-order valence-electron chi connectivity index (χ4n) is 3.66. The topological polar surface area (TPSA) is 75.6 Å². The maximum absolute atomic E-state index is 13.2. The second-order valence-corrected chi connectivity index (χ2v) is 9.54. The predicted octanol–water partition coefficient (Wildman–Crippen LogP) is 3.97. The zero-order valence-corrected chi connectivity index (χ0v) is 20.1. The van der Waals surface area contributed by atoms with Crippen LogP contribution in [0.4, 0.5) is 11.6 Å². The molecule has 3 rings (SSSR count). The minimum absolute atomic E-state index is 0.0475. The lowest BCUT2D eigenvalue weighted by molar-refractivity contribution is 0.401. The Morgan fingerprint density at radius 1 is 1.25 bits per heavy atom. The zero-order chi connectivity index (χ0) is 23.6. The minimum atomic E-state index is -0.0475. The Bertz CT molecular complexity index is 1340. The van der Waals surface area contributed by atoms with E-state index in [0.717, 1.165) is 45.2 Å². The molecule has 0 bridgehead atoms. The van der Waals surface area contributed by atoms with Crippen molar-refractivity contribution < 1.29 is 0 Å². The molecule has 2 heterocycles. The molecule has 3 aromatic rings. The number of nitrogens with one attached hydrogen (secondary N) is 2. The summed E-state index contributed by atoms with van der Waals surface area (Å²) in [4.78, 5) is 17.8. The Morgan fingerprint density at radius 2 is 1.97 bits per heavy atom. The molecule has 2 aromatic heterocycles. The average molecular weight is 432 g/mol. The fourth-order valence-corrected chi connectivity index (χ4v) is 3.66. The lowest BCUT2D eigenvalue weighted by Crippen LogP contribution is -2.42. The summed E-state index contributed by atoms with van der Waals surface area (Å²) < 4.78 is 1.69. The van der Waals surface area contributed by atoms with E-state index in [0.29, 0.717) is 11.5 Å². The number of rotatable bonds is 5. The molecule has 0 aliphatic rings. The molecule has 0 aliphatic carbocycles. The fraction of sp³-hybridized carbons (Fsp3) is 0.346. The summed E-state index contributed by atoms with van der Waals surface area (Å²) in [5, 5.41) is 12.4. The molecule has 6 nitrogen and oxygen atoms in total. The van der Waals surface area contributed by atoms with Crippen molar-refractivity contribution in [2.45, 2.75) is 48.0 Å². The molecule has 0 unspecified atom stereocenters. The number of hydrogen-bond donors (Lipinski definition) is 2.